The summed E-state index contributed by atoms with van der Waals surface area (Å²) >= 11 is 0. The number of ether oxygens (including phenoxy) is 1. The topological polar surface area (TPSA) is 64.1 Å². The predicted octanol–water partition coefficient (Wildman–Crippen LogP) is 4.32. The van der Waals surface area contributed by atoms with E-state index >= 15 is 0 Å². The van der Waals surface area contributed by atoms with E-state index in [0.717, 1.165) is 11.0 Å². The van der Waals surface area contributed by atoms with Crippen molar-refractivity contribution in [2.75, 3.05) is 11.9 Å². The van der Waals surface area contributed by atoms with Gasteiger partial charge in [0.1, 0.15) is 5.75 Å². The monoisotopic (exact) mass is 347 g/mol. The van der Waals surface area contributed by atoms with Crippen LogP contribution in [0.15, 0.2) is 60.8 Å². The molecule has 132 valence electrons. The molecule has 3 aromatic rings. The molecule has 0 spiro atoms. The third-order valence-electron chi connectivity index (χ3n) is 3.59. The highest BCUT2D eigenvalue weighted by Gasteiger charge is 2.06. The van der Waals surface area contributed by atoms with Gasteiger partial charge < -0.3 is 10.1 Å². The van der Waals surface area contributed by atoms with Crippen LogP contribution in [0.2, 0.25) is 0 Å². The van der Waals surface area contributed by atoms with Crippen molar-refractivity contribution >= 4 is 28.7 Å². The Labute approximate surface area is 152 Å². The molecular weight excluding hydrogens is 326 g/mol. The smallest absolute Gasteiger partial charge is 0.248 e. The lowest BCUT2D eigenvalue weighted by molar-refractivity contribution is -0.111. The van der Waals surface area contributed by atoms with E-state index in [4.69, 9.17) is 4.74 Å². The molecule has 26 heavy (non-hydrogen) atoms. The molecule has 1 aromatic heterocycles. The minimum absolute atomic E-state index is 0.249. The third-order valence-corrected chi connectivity index (χ3v) is 3.59. The number of amides is 1. The van der Waals surface area contributed by atoms with Gasteiger partial charge >= 0.3 is 0 Å². The van der Waals surface area contributed by atoms with Gasteiger partial charge in [-0.2, -0.15) is 0 Å². The number of carbonyl (C=O) groups is 1. The van der Waals surface area contributed by atoms with Crippen LogP contribution in [0.4, 0.5) is 5.69 Å². The van der Waals surface area contributed by atoms with Crippen LogP contribution in [0.1, 0.15) is 19.5 Å². The molecule has 1 N–H and O–H groups in total. The molecule has 0 unspecified atom stereocenters. The maximum Gasteiger partial charge on any atom is 0.248 e. The van der Waals surface area contributed by atoms with Crippen molar-refractivity contribution in [1.29, 1.82) is 0 Å². The van der Waals surface area contributed by atoms with Gasteiger partial charge in [-0.05, 0) is 36.3 Å². The second-order valence-electron chi connectivity index (χ2n) is 6.31. The molecule has 3 rings (SSSR count). The first-order valence-electron chi connectivity index (χ1n) is 8.54. The largest absolute Gasteiger partial charge is 0.491 e. The number of fused-ring (bicyclic) bond motifs is 1. The predicted molar refractivity (Wildman–Crippen MR) is 104 cm³/mol. The first kappa shape index (κ1) is 17.6. The van der Waals surface area contributed by atoms with E-state index in [1.807, 2.05) is 48.5 Å². The van der Waals surface area contributed by atoms with Crippen LogP contribution in [0.5, 0.6) is 5.75 Å². The van der Waals surface area contributed by atoms with Gasteiger partial charge in [-0.1, -0.05) is 38.1 Å². The number of anilines is 1. The maximum absolute atomic E-state index is 12.2. The van der Waals surface area contributed by atoms with Crippen molar-refractivity contribution < 1.29 is 9.53 Å². The Morgan fingerprint density at radius 2 is 1.85 bits per heavy atom. The Bertz CT molecular complexity index is 935. The van der Waals surface area contributed by atoms with Gasteiger partial charge in [0.05, 0.1) is 35.2 Å². The zero-order chi connectivity index (χ0) is 18.4. The Balaban J connectivity index is 1.69. The molecule has 2 aromatic carbocycles. The summed E-state index contributed by atoms with van der Waals surface area (Å²) in [4.78, 5) is 21.0. The lowest BCUT2D eigenvalue weighted by Gasteiger charge is -2.13. The Morgan fingerprint density at radius 3 is 2.65 bits per heavy atom. The Kier molecular flexibility index (Phi) is 5.59. The fraction of sp³-hybridized carbons (Fsp3) is 0.190. The van der Waals surface area contributed by atoms with Crippen molar-refractivity contribution in [3.63, 3.8) is 0 Å². The number of carbonyl (C=O) groups excluding carboxylic acids is 1. The number of hydrogen-bond acceptors (Lipinski definition) is 4. The highest BCUT2D eigenvalue weighted by molar-refractivity contribution is 6.02. The van der Waals surface area contributed by atoms with Gasteiger partial charge in [0.2, 0.25) is 5.91 Å². The van der Waals surface area contributed by atoms with E-state index in [0.29, 0.717) is 29.7 Å². The van der Waals surface area contributed by atoms with Crippen LogP contribution in [0, 0.1) is 5.92 Å². The van der Waals surface area contributed by atoms with E-state index < -0.39 is 0 Å². The van der Waals surface area contributed by atoms with Crippen molar-refractivity contribution in [3.05, 3.63) is 66.5 Å². The molecule has 0 aliphatic carbocycles. The van der Waals surface area contributed by atoms with E-state index in [1.54, 1.807) is 12.3 Å². The Hall–Kier alpha value is -3.21. The molecule has 0 bridgehead atoms. The standard InChI is InChI=1S/C21H21N3O2/c1-15(2)14-26-20-10-6-5-9-19(20)24-21(25)12-11-16-13-22-17-7-3-4-8-18(17)23-16/h3-13,15H,14H2,1-2H3,(H,24,25). The highest BCUT2D eigenvalue weighted by atomic mass is 16.5. The van der Waals surface area contributed by atoms with Gasteiger partial charge in [-0.15, -0.1) is 0 Å². The van der Waals surface area contributed by atoms with Gasteiger partial charge in [-0.3, -0.25) is 9.78 Å². The lowest BCUT2D eigenvalue weighted by Crippen LogP contribution is -2.11. The van der Waals surface area contributed by atoms with Crippen molar-refractivity contribution in [2.45, 2.75) is 13.8 Å². The van der Waals surface area contributed by atoms with Crippen LogP contribution >= 0.6 is 0 Å². The molecule has 5 nitrogen and oxygen atoms in total. The zero-order valence-corrected chi connectivity index (χ0v) is 14.8. The quantitative estimate of drug-likeness (QED) is 0.675. The molecule has 0 radical (unpaired) electrons. The summed E-state index contributed by atoms with van der Waals surface area (Å²) in [6, 6.07) is 15.0. The SMILES string of the molecule is CC(C)COc1ccccc1NC(=O)C=Cc1cnc2ccccc2n1. The van der Waals surface area contributed by atoms with Gasteiger partial charge in [-0.25, -0.2) is 4.98 Å². The summed E-state index contributed by atoms with van der Waals surface area (Å²) < 4.78 is 5.75. The molecule has 1 amide bonds. The summed E-state index contributed by atoms with van der Waals surface area (Å²) in [6.07, 6.45) is 4.73. The van der Waals surface area contributed by atoms with Gasteiger partial charge in [0, 0.05) is 6.08 Å². The summed E-state index contributed by atoms with van der Waals surface area (Å²) in [5, 5.41) is 2.84. The van der Waals surface area contributed by atoms with Gasteiger partial charge in [0.15, 0.2) is 0 Å². The van der Waals surface area contributed by atoms with Crippen molar-refractivity contribution in [2.24, 2.45) is 5.92 Å². The van der Waals surface area contributed by atoms with Crippen molar-refractivity contribution in [3.8, 4) is 5.75 Å². The van der Waals surface area contributed by atoms with Crippen LogP contribution in [0.25, 0.3) is 17.1 Å². The van der Waals surface area contributed by atoms with E-state index in [9.17, 15) is 4.79 Å². The van der Waals surface area contributed by atoms with Crippen molar-refractivity contribution in [1.82, 2.24) is 9.97 Å². The fourth-order valence-electron chi connectivity index (χ4n) is 2.34. The normalized spacial score (nSPS) is 11.2. The molecule has 0 aliphatic rings. The fourth-order valence-corrected chi connectivity index (χ4v) is 2.34. The van der Waals surface area contributed by atoms with E-state index in [-0.39, 0.29) is 5.91 Å². The molecule has 5 heteroatoms. The summed E-state index contributed by atoms with van der Waals surface area (Å²) in [7, 11) is 0. The average molecular weight is 347 g/mol. The summed E-state index contributed by atoms with van der Waals surface area (Å²) in [5.74, 6) is 0.819. The zero-order valence-electron chi connectivity index (χ0n) is 14.8. The van der Waals surface area contributed by atoms with Crippen LogP contribution in [-0.4, -0.2) is 22.5 Å². The highest BCUT2D eigenvalue weighted by Crippen LogP contribution is 2.24. The molecule has 0 saturated heterocycles. The van der Waals surface area contributed by atoms with Crippen LogP contribution in [0.3, 0.4) is 0 Å². The van der Waals surface area contributed by atoms with E-state index in [1.165, 1.54) is 6.08 Å². The molecular formula is C21H21N3O2. The van der Waals surface area contributed by atoms with E-state index in [2.05, 4.69) is 29.1 Å². The lowest BCUT2D eigenvalue weighted by atomic mass is 10.2. The van der Waals surface area contributed by atoms with Crippen LogP contribution < -0.4 is 10.1 Å². The summed E-state index contributed by atoms with van der Waals surface area (Å²) in [5.41, 5.74) is 2.89. The second kappa shape index (κ2) is 8.25. The maximum atomic E-state index is 12.2. The minimum Gasteiger partial charge on any atom is -0.491 e. The minimum atomic E-state index is -0.249. The van der Waals surface area contributed by atoms with Crippen LogP contribution in [-0.2, 0) is 4.79 Å². The Morgan fingerprint density at radius 1 is 1.12 bits per heavy atom. The van der Waals surface area contributed by atoms with Gasteiger partial charge in [0.25, 0.3) is 0 Å². The third kappa shape index (κ3) is 4.66. The number of benzene rings is 2. The molecule has 0 aliphatic heterocycles. The number of para-hydroxylation sites is 4. The number of rotatable bonds is 6. The molecule has 0 atom stereocenters. The number of nitrogens with zero attached hydrogens (tertiary/aromatic N) is 2. The number of nitrogens with one attached hydrogen (secondary N) is 1. The molecule has 0 fully saturated rings. The first-order chi connectivity index (χ1) is 12.6. The summed E-state index contributed by atoms with van der Waals surface area (Å²) in [6.45, 7) is 4.75. The first-order valence-corrected chi connectivity index (χ1v) is 8.54. The average Bonchev–Trinajstić information content (AvgIpc) is 2.65. The molecule has 1 heterocycles. The number of aromatic nitrogens is 2. The second-order valence-corrected chi connectivity index (χ2v) is 6.31. The number of hydrogen-bond donors (Lipinski definition) is 1. The molecule has 0 saturated carbocycles.